The third kappa shape index (κ3) is 5.74. The van der Waals surface area contributed by atoms with Crippen LogP contribution >= 0.6 is 0 Å². The highest BCUT2D eigenvalue weighted by atomic mass is 16.2. The fourth-order valence-electron chi connectivity index (χ4n) is 2.22. The first-order valence-electron chi connectivity index (χ1n) is 7.14. The van der Waals surface area contributed by atoms with Gasteiger partial charge < -0.3 is 0 Å². The van der Waals surface area contributed by atoms with Crippen LogP contribution in [-0.4, -0.2) is 42.7 Å². The monoisotopic (exact) mass is 288 g/mol. The summed E-state index contributed by atoms with van der Waals surface area (Å²) in [6.45, 7) is 2.10. The summed E-state index contributed by atoms with van der Waals surface area (Å²) in [5.74, 6) is -0.302. The molecule has 0 bridgehead atoms. The number of hydrazone groups is 1. The first-order valence-corrected chi connectivity index (χ1v) is 7.14. The smallest absolute Gasteiger partial charge is 0.295 e. The van der Waals surface area contributed by atoms with Crippen LogP contribution in [0.4, 0.5) is 4.79 Å². The van der Waals surface area contributed by atoms with Gasteiger partial charge in [0.25, 0.3) is 0 Å². The molecule has 1 heterocycles. The second-order valence-corrected chi connectivity index (χ2v) is 4.99. The van der Waals surface area contributed by atoms with Crippen molar-refractivity contribution in [2.75, 3.05) is 19.6 Å². The van der Waals surface area contributed by atoms with Crippen molar-refractivity contribution in [1.82, 2.24) is 15.6 Å². The second kappa shape index (κ2) is 8.16. The Balaban J connectivity index is 1.69. The van der Waals surface area contributed by atoms with Crippen LogP contribution in [-0.2, 0) is 4.79 Å². The molecule has 0 radical (unpaired) electrons. The number of rotatable bonds is 4. The van der Waals surface area contributed by atoms with E-state index < -0.39 is 6.03 Å². The minimum atomic E-state index is -0.607. The number of hydrogen-bond donors (Lipinski definition) is 2. The Morgan fingerprint density at radius 1 is 1.14 bits per heavy atom. The molecule has 6 nitrogen and oxygen atoms in total. The summed E-state index contributed by atoms with van der Waals surface area (Å²) in [4.78, 5) is 25.3. The third-order valence-electron chi connectivity index (χ3n) is 3.25. The highest BCUT2D eigenvalue weighted by Gasteiger charge is 2.15. The number of amides is 3. The molecule has 6 heteroatoms. The van der Waals surface area contributed by atoms with Gasteiger partial charge >= 0.3 is 6.03 Å². The second-order valence-electron chi connectivity index (χ2n) is 4.99. The van der Waals surface area contributed by atoms with Crippen LogP contribution in [0, 0.1) is 0 Å². The lowest BCUT2D eigenvalue weighted by molar-refractivity contribution is -0.121. The topological polar surface area (TPSA) is 73.8 Å². The van der Waals surface area contributed by atoms with Crippen molar-refractivity contribution in [3.8, 4) is 0 Å². The van der Waals surface area contributed by atoms with E-state index in [1.807, 2.05) is 30.3 Å². The summed E-state index contributed by atoms with van der Waals surface area (Å²) in [5.41, 5.74) is 3.15. The molecular weight excluding hydrogens is 268 g/mol. The van der Waals surface area contributed by atoms with Crippen molar-refractivity contribution >= 4 is 18.2 Å². The Kier molecular flexibility index (Phi) is 5.90. The van der Waals surface area contributed by atoms with E-state index in [4.69, 9.17) is 0 Å². The molecule has 3 amide bonds. The number of piperidine rings is 1. The van der Waals surface area contributed by atoms with E-state index in [0.717, 1.165) is 31.5 Å². The largest absolute Gasteiger partial charge is 0.341 e. The highest BCUT2D eigenvalue weighted by Crippen LogP contribution is 2.07. The molecule has 1 saturated heterocycles. The van der Waals surface area contributed by atoms with Crippen LogP contribution in [0.5, 0.6) is 0 Å². The summed E-state index contributed by atoms with van der Waals surface area (Å²) in [6.07, 6.45) is 4.96. The van der Waals surface area contributed by atoms with E-state index in [2.05, 4.69) is 20.7 Å². The average Bonchev–Trinajstić information content (AvgIpc) is 2.49. The number of urea groups is 1. The normalized spacial score (nSPS) is 15.8. The van der Waals surface area contributed by atoms with Crippen molar-refractivity contribution in [2.24, 2.45) is 5.10 Å². The number of carbonyl (C=O) groups is 2. The average molecular weight is 288 g/mol. The van der Waals surface area contributed by atoms with E-state index in [-0.39, 0.29) is 12.5 Å². The fraction of sp³-hybridized carbons (Fsp3) is 0.400. The number of benzene rings is 1. The number of nitrogens with one attached hydrogen (secondary N) is 2. The molecule has 1 aromatic carbocycles. The molecule has 0 atom stereocenters. The summed E-state index contributed by atoms with van der Waals surface area (Å²) >= 11 is 0. The number of imide groups is 1. The summed E-state index contributed by atoms with van der Waals surface area (Å²) in [6, 6.07) is 8.78. The maximum Gasteiger partial charge on any atom is 0.341 e. The van der Waals surface area contributed by atoms with Gasteiger partial charge in [0.15, 0.2) is 0 Å². The SMILES string of the molecule is O=C(CN1CCCCC1)NC(=O)N/N=C\c1ccccc1. The zero-order chi connectivity index (χ0) is 14.9. The molecule has 1 aromatic rings. The number of nitrogens with zero attached hydrogens (tertiary/aromatic N) is 2. The molecular formula is C15H20N4O2. The lowest BCUT2D eigenvalue weighted by atomic mass is 10.1. The van der Waals surface area contributed by atoms with Crippen molar-refractivity contribution in [1.29, 1.82) is 0 Å². The van der Waals surface area contributed by atoms with Gasteiger partial charge in [-0.3, -0.25) is 15.0 Å². The molecule has 0 spiro atoms. The van der Waals surface area contributed by atoms with Crippen LogP contribution in [0.3, 0.4) is 0 Å². The van der Waals surface area contributed by atoms with E-state index in [0.29, 0.717) is 0 Å². The van der Waals surface area contributed by atoms with Crippen molar-refractivity contribution in [3.63, 3.8) is 0 Å². The summed E-state index contributed by atoms with van der Waals surface area (Å²) < 4.78 is 0. The van der Waals surface area contributed by atoms with E-state index in [9.17, 15) is 9.59 Å². The Morgan fingerprint density at radius 2 is 1.86 bits per heavy atom. The Morgan fingerprint density at radius 3 is 2.57 bits per heavy atom. The van der Waals surface area contributed by atoms with E-state index in [1.54, 1.807) is 0 Å². The Hall–Kier alpha value is -2.21. The Bertz CT molecular complexity index is 496. The van der Waals surface area contributed by atoms with Crippen molar-refractivity contribution < 1.29 is 9.59 Å². The lowest BCUT2D eigenvalue weighted by Gasteiger charge is -2.25. The van der Waals surface area contributed by atoms with Gasteiger partial charge in [-0.25, -0.2) is 10.2 Å². The molecule has 1 aliphatic rings. The molecule has 0 aromatic heterocycles. The van der Waals surface area contributed by atoms with Gasteiger partial charge in [0.2, 0.25) is 5.91 Å². The standard InChI is InChI=1S/C15H20N4O2/c20-14(12-19-9-5-2-6-10-19)17-15(21)18-16-11-13-7-3-1-4-8-13/h1,3-4,7-8,11H,2,5-6,9-10,12H2,(H2,17,18,20,21)/b16-11-. The van der Waals surface area contributed by atoms with Crippen LogP contribution < -0.4 is 10.7 Å². The van der Waals surface area contributed by atoms with Crippen molar-refractivity contribution in [2.45, 2.75) is 19.3 Å². The molecule has 0 saturated carbocycles. The van der Waals surface area contributed by atoms with Crippen LogP contribution in [0.25, 0.3) is 0 Å². The van der Waals surface area contributed by atoms with E-state index in [1.165, 1.54) is 12.6 Å². The third-order valence-corrected chi connectivity index (χ3v) is 3.25. The van der Waals surface area contributed by atoms with Gasteiger partial charge in [-0.15, -0.1) is 0 Å². The van der Waals surface area contributed by atoms with Gasteiger partial charge in [-0.05, 0) is 31.5 Å². The first kappa shape index (κ1) is 15.2. The zero-order valence-electron chi connectivity index (χ0n) is 11.9. The summed E-state index contributed by atoms with van der Waals surface area (Å²) in [7, 11) is 0. The van der Waals surface area contributed by atoms with Gasteiger partial charge in [-0.1, -0.05) is 36.8 Å². The molecule has 1 aliphatic heterocycles. The maximum atomic E-state index is 11.7. The van der Waals surface area contributed by atoms with Gasteiger partial charge in [-0.2, -0.15) is 5.10 Å². The van der Waals surface area contributed by atoms with Gasteiger partial charge in [0, 0.05) is 0 Å². The first-order chi connectivity index (χ1) is 10.2. The quantitative estimate of drug-likeness (QED) is 0.648. The minimum absolute atomic E-state index is 0.260. The zero-order valence-corrected chi connectivity index (χ0v) is 11.9. The summed E-state index contributed by atoms with van der Waals surface area (Å²) in [5, 5.41) is 6.06. The molecule has 2 N–H and O–H groups in total. The fourth-order valence-corrected chi connectivity index (χ4v) is 2.22. The number of likely N-dealkylation sites (tertiary alicyclic amines) is 1. The van der Waals surface area contributed by atoms with Gasteiger partial charge in [0.1, 0.15) is 0 Å². The van der Waals surface area contributed by atoms with Crippen molar-refractivity contribution in [3.05, 3.63) is 35.9 Å². The lowest BCUT2D eigenvalue weighted by Crippen LogP contribution is -2.44. The van der Waals surface area contributed by atoms with Gasteiger partial charge in [0.05, 0.1) is 12.8 Å². The van der Waals surface area contributed by atoms with E-state index >= 15 is 0 Å². The molecule has 0 aliphatic carbocycles. The molecule has 2 rings (SSSR count). The highest BCUT2D eigenvalue weighted by molar-refractivity contribution is 5.95. The molecule has 21 heavy (non-hydrogen) atoms. The number of carbonyl (C=O) groups excluding carboxylic acids is 2. The molecule has 1 fully saturated rings. The van der Waals surface area contributed by atoms with Crippen LogP contribution in [0.1, 0.15) is 24.8 Å². The Labute approximate surface area is 124 Å². The van der Waals surface area contributed by atoms with Crippen LogP contribution in [0.2, 0.25) is 0 Å². The molecule has 0 unspecified atom stereocenters. The minimum Gasteiger partial charge on any atom is -0.295 e. The predicted molar refractivity (Wildman–Crippen MR) is 81.0 cm³/mol. The van der Waals surface area contributed by atoms with Crippen LogP contribution in [0.15, 0.2) is 35.4 Å². The maximum absolute atomic E-state index is 11.7. The number of hydrogen-bond acceptors (Lipinski definition) is 4. The predicted octanol–water partition coefficient (Wildman–Crippen LogP) is 1.33. The molecule has 112 valence electrons.